The molecule has 0 aromatic rings. The highest BCUT2D eigenvalue weighted by molar-refractivity contribution is 5.09. The largest absolute Gasteiger partial charge is 0.393 e. The molecule has 0 radical (unpaired) electrons. The van der Waals surface area contributed by atoms with Gasteiger partial charge >= 0.3 is 0 Å². The van der Waals surface area contributed by atoms with Gasteiger partial charge in [0.2, 0.25) is 0 Å². The molecule has 2 heteroatoms. The Morgan fingerprint density at radius 1 is 0.864 bits per heavy atom. The fraction of sp³-hybridized carbons (Fsp3) is 1.00. The third-order valence-electron chi connectivity index (χ3n) is 9.11. The SMILES string of the molecule is C[NH2+][C@H]1CC[C@@H]2[C@@H]3CC[C@H]4C[C@H](O)CC[C@]4(C)[C@H]3CC[C@@]12C. The summed E-state index contributed by atoms with van der Waals surface area (Å²) in [5, 5.41) is 12.6. The number of aliphatic hydroxyl groups excluding tert-OH is 1. The molecule has 8 atom stereocenters. The zero-order valence-corrected chi connectivity index (χ0v) is 14.9. The zero-order chi connectivity index (χ0) is 15.5. The molecule has 4 fully saturated rings. The van der Waals surface area contributed by atoms with Crippen molar-refractivity contribution in [1.82, 2.24) is 0 Å². The van der Waals surface area contributed by atoms with Crippen molar-refractivity contribution in [2.45, 2.75) is 83.8 Å². The molecule has 4 aliphatic rings. The number of rotatable bonds is 1. The lowest BCUT2D eigenvalue weighted by molar-refractivity contribution is -0.676. The third-order valence-corrected chi connectivity index (χ3v) is 9.11. The Balaban J connectivity index is 1.61. The minimum atomic E-state index is -0.00552. The van der Waals surface area contributed by atoms with E-state index in [-0.39, 0.29) is 6.10 Å². The van der Waals surface area contributed by atoms with Crippen molar-refractivity contribution in [1.29, 1.82) is 0 Å². The standard InChI is InChI=1S/C20H35NO/c1-19-10-8-14(22)12-13(19)4-5-15-16-6-7-18(21-3)20(16,2)11-9-17(15)19/h13-18,21-22H,4-12H2,1-3H3/p+1/t13-,14+,15-,16+,17-,18-,19-,20+/m0/s1. The zero-order valence-electron chi connectivity index (χ0n) is 14.9. The first kappa shape index (κ1) is 15.4. The minimum absolute atomic E-state index is 0.00552. The molecule has 4 aliphatic carbocycles. The van der Waals surface area contributed by atoms with Gasteiger partial charge in [-0.3, -0.25) is 0 Å². The summed E-state index contributed by atoms with van der Waals surface area (Å²) in [6.45, 7) is 5.21. The van der Waals surface area contributed by atoms with Gasteiger partial charge in [0.25, 0.3) is 0 Å². The molecule has 0 spiro atoms. The Morgan fingerprint density at radius 2 is 1.59 bits per heavy atom. The van der Waals surface area contributed by atoms with E-state index in [4.69, 9.17) is 0 Å². The molecule has 0 aromatic heterocycles. The van der Waals surface area contributed by atoms with Crippen LogP contribution in [0.25, 0.3) is 0 Å². The summed E-state index contributed by atoms with van der Waals surface area (Å²) in [4.78, 5) is 0. The maximum absolute atomic E-state index is 10.1. The monoisotopic (exact) mass is 306 g/mol. The predicted molar refractivity (Wildman–Crippen MR) is 89.4 cm³/mol. The maximum Gasteiger partial charge on any atom is 0.0914 e. The van der Waals surface area contributed by atoms with E-state index < -0.39 is 0 Å². The van der Waals surface area contributed by atoms with Crippen LogP contribution < -0.4 is 5.32 Å². The van der Waals surface area contributed by atoms with Crippen molar-refractivity contribution in [3.63, 3.8) is 0 Å². The average Bonchev–Trinajstić information content (AvgIpc) is 2.84. The highest BCUT2D eigenvalue weighted by atomic mass is 16.3. The summed E-state index contributed by atoms with van der Waals surface area (Å²) in [5.74, 6) is 3.72. The van der Waals surface area contributed by atoms with Crippen molar-refractivity contribution < 1.29 is 10.4 Å². The first-order valence-corrected chi connectivity index (χ1v) is 9.96. The molecule has 4 rings (SSSR count). The summed E-state index contributed by atoms with van der Waals surface area (Å²) in [6.07, 6.45) is 12.1. The first-order chi connectivity index (χ1) is 10.5. The topological polar surface area (TPSA) is 36.8 Å². The van der Waals surface area contributed by atoms with Gasteiger partial charge in [-0.05, 0) is 80.5 Å². The van der Waals surface area contributed by atoms with E-state index in [1.165, 1.54) is 44.9 Å². The van der Waals surface area contributed by atoms with Crippen LogP contribution in [0.5, 0.6) is 0 Å². The number of hydrogen-bond donors (Lipinski definition) is 2. The van der Waals surface area contributed by atoms with E-state index in [2.05, 4.69) is 26.2 Å². The molecular formula is C20H36NO+. The Morgan fingerprint density at radius 3 is 2.36 bits per heavy atom. The normalized spacial score (nSPS) is 57.8. The molecule has 0 bridgehead atoms. The fourth-order valence-electron chi connectivity index (χ4n) is 7.82. The maximum atomic E-state index is 10.1. The smallest absolute Gasteiger partial charge is 0.0914 e. The molecule has 2 nitrogen and oxygen atoms in total. The highest BCUT2D eigenvalue weighted by Gasteiger charge is 2.60. The second-order valence-electron chi connectivity index (χ2n) is 9.65. The summed E-state index contributed by atoms with van der Waals surface area (Å²) < 4.78 is 0. The summed E-state index contributed by atoms with van der Waals surface area (Å²) in [6, 6.07) is 0.872. The summed E-state index contributed by atoms with van der Waals surface area (Å²) in [5.41, 5.74) is 1.14. The molecule has 4 saturated carbocycles. The second-order valence-corrected chi connectivity index (χ2v) is 9.65. The highest BCUT2D eigenvalue weighted by Crippen LogP contribution is 2.65. The molecule has 3 N–H and O–H groups in total. The van der Waals surface area contributed by atoms with Crippen LogP contribution in [0.1, 0.15) is 71.6 Å². The molecule has 0 aromatic carbocycles. The van der Waals surface area contributed by atoms with Gasteiger partial charge in [0.15, 0.2) is 0 Å². The Labute approximate surface area is 136 Å². The molecular weight excluding hydrogens is 270 g/mol. The van der Waals surface area contributed by atoms with Crippen molar-refractivity contribution in [2.24, 2.45) is 34.5 Å². The fourth-order valence-corrected chi connectivity index (χ4v) is 7.82. The molecule has 0 saturated heterocycles. The lowest BCUT2D eigenvalue weighted by Gasteiger charge is -2.60. The van der Waals surface area contributed by atoms with E-state index in [0.717, 1.165) is 42.6 Å². The Kier molecular flexibility index (Phi) is 3.66. The van der Waals surface area contributed by atoms with E-state index in [9.17, 15) is 5.11 Å². The third kappa shape index (κ3) is 1.99. The van der Waals surface area contributed by atoms with Crippen LogP contribution in [0.4, 0.5) is 0 Å². The van der Waals surface area contributed by atoms with Crippen LogP contribution in [0, 0.1) is 34.5 Å². The quantitative estimate of drug-likeness (QED) is 0.768. The van der Waals surface area contributed by atoms with Crippen molar-refractivity contribution >= 4 is 0 Å². The van der Waals surface area contributed by atoms with Crippen molar-refractivity contribution in [3.8, 4) is 0 Å². The average molecular weight is 307 g/mol. The van der Waals surface area contributed by atoms with Gasteiger partial charge in [0.05, 0.1) is 19.2 Å². The molecule has 22 heavy (non-hydrogen) atoms. The summed E-state index contributed by atoms with van der Waals surface area (Å²) in [7, 11) is 2.30. The molecule has 0 aliphatic heterocycles. The van der Waals surface area contributed by atoms with Crippen LogP contribution >= 0.6 is 0 Å². The number of quaternary nitrogens is 1. The molecule has 0 heterocycles. The van der Waals surface area contributed by atoms with Crippen LogP contribution in [-0.2, 0) is 0 Å². The Hall–Kier alpha value is -0.0800. The van der Waals surface area contributed by atoms with Crippen molar-refractivity contribution in [2.75, 3.05) is 7.05 Å². The molecule has 126 valence electrons. The number of fused-ring (bicyclic) bond motifs is 5. The van der Waals surface area contributed by atoms with Gasteiger partial charge in [0.1, 0.15) is 0 Å². The van der Waals surface area contributed by atoms with Gasteiger partial charge in [-0.15, -0.1) is 0 Å². The van der Waals surface area contributed by atoms with Crippen LogP contribution in [0.2, 0.25) is 0 Å². The minimum Gasteiger partial charge on any atom is -0.393 e. The predicted octanol–water partition coefficient (Wildman–Crippen LogP) is 2.95. The van der Waals surface area contributed by atoms with E-state index in [1.54, 1.807) is 0 Å². The molecule has 0 unspecified atom stereocenters. The van der Waals surface area contributed by atoms with Gasteiger partial charge in [0, 0.05) is 11.8 Å². The van der Waals surface area contributed by atoms with Gasteiger partial charge in [-0.25, -0.2) is 0 Å². The van der Waals surface area contributed by atoms with Crippen molar-refractivity contribution in [3.05, 3.63) is 0 Å². The Bertz CT molecular complexity index is 437. The summed E-state index contributed by atoms with van der Waals surface area (Å²) >= 11 is 0. The number of aliphatic hydroxyl groups is 1. The van der Waals surface area contributed by atoms with Gasteiger partial charge < -0.3 is 10.4 Å². The van der Waals surface area contributed by atoms with Crippen LogP contribution in [0.3, 0.4) is 0 Å². The number of hydrogen-bond acceptors (Lipinski definition) is 1. The lowest BCUT2D eigenvalue weighted by atomic mass is 9.45. The van der Waals surface area contributed by atoms with Crippen LogP contribution in [0.15, 0.2) is 0 Å². The van der Waals surface area contributed by atoms with E-state index in [1.807, 2.05) is 0 Å². The molecule has 0 amide bonds. The van der Waals surface area contributed by atoms with Gasteiger partial charge in [-0.1, -0.05) is 13.8 Å². The lowest BCUT2D eigenvalue weighted by Crippen LogP contribution is -2.89. The van der Waals surface area contributed by atoms with E-state index in [0.29, 0.717) is 10.8 Å². The van der Waals surface area contributed by atoms with E-state index >= 15 is 0 Å². The second kappa shape index (κ2) is 5.21. The van der Waals surface area contributed by atoms with Crippen LogP contribution in [-0.4, -0.2) is 24.3 Å². The van der Waals surface area contributed by atoms with Gasteiger partial charge in [-0.2, -0.15) is 0 Å². The first-order valence-electron chi connectivity index (χ1n) is 9.96. The number of nitrogens with two attached hydrogens (primary N) is 1.